The minimum absolute atomic E-state index is 0.0504. The predicted molar refractivity (Wildman–Crippen MR) is 133 cm³/mol. The fraction of sp³-hybridized carbons (Fsp3) is 0.179. The highest BCUT2D eigenvalue weighted by Crippen LogP contribution is 2.28. The van der Waals surface area contributed by atoms with Crippen molar-refractivity contribution in [2.75, 3.05) is 0 Å². The number of carbonyl (C=O) groups is 2. The molecule has 0 aliphatic rings. The molecule has 0 saturated carbocycles. The second-order valence-corrected chi connectivity index (χ2v) is 9.82. The zero-order chi connectivity index (χ0) is 24.3. The smallest absolute Gasteiger partial charge is 0.309 e. The number of aliphatic carboxylic acids is 1. The lowest BCUT2D eigenvalue weighted by Gasteiger charge is -2.17. The van der Waals surface area contributed by atoms with Gasteiger partial charge in [0.1, 0.15) is 5.82 Å². The summed E-state index contributed by atoms with van der Waals surface area (Å²) in [5.74, 6) is -1.42. The minimum atomic E-state index is -1.10. The quantitative estimate of drug-likeness (QED) is 0.283. The maximum atomic E-state index is 13.4. The Morgan fingerprint density at radius 3 is 2.18 bits per heavy atom. The van der Waals surface area contributed by atoms with E-state index in [0.717, 1.165) is 33.0 Å². The van der Waals surface area contributed by atoms with E-state index in [9.17, 15) is 19.1 Å². The van der Waals surface area contributed by atoms with Crippen LogP contribution in [0, 0.1) is 11.2 Å². The lowest BCUT2D eigenvalue weighted by Crippen LogP contribution is -2.26. The van der Waals surface area contributed by atoms with Gasteiger partial charge in [0.2, 0.25) is 0 Å². The number of aromatic nitrogens is 1. The number of Topliss-reactive ketones (excluding diaryl/α,β-unsaturated/α-hetero) is 1. The van der Waals surface area contributed by atoms with Gasteiger partial charge in [-0.2, -0.15) is 0 Å². The van der Waals surface area contributed by atoms with E-state index in [4.69, 9.17) is 4.98 Å². The molecule has 0 spiro atoms. The molecule has 34 heavy (non-hydrogen) atoms. The number of halogens is 1. The summed E-state index contributed by atoms with van der Waals surface area (Å²) >= 11 is 1.55. The van der Waals surface area contributed by atoms with E-state index in [-0.39, 0.29) is 18.0 Å². The largest absolute Gasteiger partial charge is 0.481 e. The van der Waals surface area contributed by atoms with Crippen molar-refractivity contribution in [3.05, 3.63) is 100 Å². The van der Waals surface area contributed by atoms with Gasteiger partial charge in [-0.3, -0.25) is 9.59 Å². The summed E-state index contributed by atoms with van der Waals surface area (Å²) in [6.45, 7) is 3.10. The van der Waals surface area contributed by atoms with Crippen molar-refractivity contribution in [3.63, 3.8) is 0 Å². The maximum Gasteiger partial charge on any atom is 0.309 e. The molecule has 0 saturated heterocycles. The highest BCUT2D eigenvalue weighted by atomic mass is 32.1. The third-order valence-electron chi connectivity index (χ3n) is 5.70. The lowest BCUT2D eigenvalue weighted by atomic mass is 9.85. The molecule has 0 bridgehead atoms. The number of carboxylic acids is 1. The number of rotatable bonds is 8. The second-order valence-electron chi connectivity index (χ2n) is 8.88. The van der Waals surface area contributed by atoms with E-state index in [2.05, 4.69) is 0 Å². The first-order valence-electron chi connectivity index (χ1n) is 10.9. The lowest BCUT2D eigenvalue weighted by molar-refractivity contribution is -0.146. The van der Waals surface area contributed by atoms with Gasteiger partial charge >= 0.3 is 5.97 Å². The Morgan fingerprint density at radius 1 is 0.941 bits per heavy atom. The summed E-state index contributed by atoms with van der Waals surface area (Å²) in [7, 11) is 0. The fourth-order valence-corrected chi connectivity index (χ4v) is 4.44. The van der Waals surface area contributed by atoms with E-state index >= 15 is 0 Å². The van der Waals surface area contributed by atoms with Gasteiger partial charge in [-0.15, -0.1) is 11.3 Å². The molecule has 0 aliphatic heterocycles. The molecule has 4 aromatic rings. The number of thiazole rings is 1. The standard InChI is InChI=1S/C28H24FNO3S/c1-28(2,27(32)33)16-25(31)22-12-8-20(9-13-22)19-6-10-21(11-7-19)24-17-34-26(30-24)15-18-4-3-5-23(29)14-18/h3-14,17H,15-16H2,1-2H3,(H,32,33). The molecule has 0 fully saturated rings. The van der Waals surface area contributed by atoms with Crippen molar-refractivity contribution in [1.29, 1.82) is 0 Å². The Hall–Kier alpha value is -3.64. The molecule has 6 heteroatoms. The molecule has 0 amide bonds. The Labute approximate surface area is 201 Å². The average Bonchev–Trinajstić information content (AvgIpc) is 3.27. The molecular formula is C28H24FNO3S. The number of hydrogen-bond acceptors (Lipinski definition) is 4. The number of carbonyl (C=O) groups excluding carboxylic acids is 1. The zero-order valence-corrected chi connectivity index (χ0v) is 19.7. The molecule has 0 radical (unpaired) electrons. The topological polar surface area (TPSA) is 67.3 Å². The highest BCUT2D eigenvalue weighted by molar-refractivity contribution is 7.10. The van der Waals surface area contributed by atoms with Crippen LogP contribution in [0.25, 0.3) is 22.4 Å². The molecule has 1 aromatic heterocycles. The van der Waals surface area contributed by atoms with Crippen LogP contribution in [0.4, 0.5) is 4.39 Å². The SMILES string of the molecule is CC(C)(CC(=O)c1ccc(-c2ccc(-c3csc(Cc4cccc(F)c4)n3)cc2)cc1)C(=O)O. The number of hydrogen-bond donors (Lipinski definition) is 1. The fourth-order valence-electron chi connectivity index (χ4n) is 3.61. The van der Waals surface area contributed by atoms with Gasteiger partial charge in [-0.05, 0) is 42.7 Å². The van der Waals surface area contributed by atoms with Crippen LogP contribution in [0.15, 0.2) is 78.2 Å². The van der Waals surface area contributed by atoms with E-state index in [1.807, 2.05) is 47.8 Å². The molecule has 4 nitrogen and oxygen atoms in total. The first kappa shape index (κ1) is 23.5. The van der Waals surface area contributed by atoms with Gasteiger partial charge in [0.25, 0.3) is 0 Å². The van der Waals surface area contributed by atoms with Crippen LogP contribution >= 0.6 is 11.3 Å². The zero-order valence-electron chi connectivity index (χ0n) is 18.9. The molecule has 3 aromatic carbocycles. The number of nitrogens with zero attached hydrogens (tertiary/aromatic N) is 1. The van der Waals surface area contributed by atoms with Crippen molar-refractivity contribution in [2.24, 2.45) is 5.41 Å². The van der Waals surface area contributed by atoms with E-state index in [0.29, 0.717) is 12.0 Å². The number of ketones is 1. The van der Waals surface area contributed by atoms with Crippen LogP contribution < -0.4 is 0 Å². The summed E-state index contributed by atoms with van der Waals surface area (Å²) in [6.07, 6.45) is 0.542. The van der Waals surface area contributed by atoms with Crippen LogP contribution in [-0.4, -0.2) is 21.8 Å². The Bertz CT molecular complexity index is 1320. The summed E-state index contributed by atoms with van der Waals surface area (Å²) in [5, 5.41) is 12.2. The normalized spacial score (nSPS) is 11.4. The molecule has 1 N–H and O–H groups in total. The molecule has 172 valence electrons. The van der Waals surface area contributed by atoms with E-state index in [1.54, 1.807) is 43.4 Å². The Balaban J connectivity index is 1.44. The Morgan fingerprint density at radius 2 is 1.56 bits per heavy atom. The van der Waals surface area contributed by atoms with Gasteiger partial charge in [0.05, 0.1) is 16.1 Å². The molecule has 1 heterocycles. The van der Waals surface area contributed by atoms with Crippen LogP contribution in [0.3, 0.4) is 0 Å². The number of carboxylic acid groups (broad SMARTS) is 1. The van der Waals surface area contributed by atoms with E-state index in [1.165, 1.54) is 12.1 Å². The van der Waals surface area contributed by atoms with Gasteiger partial charge < -0.3 is 5.11 Å². The van der Waals surface area contributed by atoms with Crippen molar-refractivity contribution < 1.29 is 19.1 Å². The second kappa shape index (κ2) is 9.69. The summed E-state index contributed by atoms with van der Waals surface area (Å²) < 4.78 is 13.4. The van der Waals surface area contributed by atoms with Crippen LogP contribution in [0.5, 0.6) is 0 Å². The maximum absolute atomic E-state index is 13.4. The third-order valence-corrected chi connectivity index (χ3v) is 6.55. The van der Waals surface area contributed by atoms with Gasteiger partial charge in [0, 0.05) is 29.3 Å². The molecule has 0 unspecified atom stereocenters. The summed E-state index contributed by atoms with van der Waals surface area (Å²) in [4.78, 5) is 28.4. The Kier molecular flexibility index (Phi) is 6.70. The monoisotopic (exact) mass is 473 g/mol. The van der Waals surface area contributed by atoms with E-state index < -0.39 is 11.4 Å². The van der Waals surface area contributed by atoms with Crippen LogP contribution in [0.2, 0.25) is 0 Å². The van der Waals surface area contributed by atoms with Crippen molar-refractivity contribution in [2.45, 2.75) is 26.7 Å². The molecule has 4 rings (SSSR count). The third kappa shape index (κ3) is 5.46. The summed E-state index contributed by atoms with van der Waals surface area (Å²) in [6, 6.07) is 21.8. The van der Waals surface area contributed by atoms with Crippen molar-refractivity contribution in [3.8, 4) is 22.4 Å². The minimum Gasteiger partial charge on any atom is -0.481 e. The molecule has 0 aliphatic carbocycles. The van der Waals surface area contributed by atoms with Crippen molar-refractivity contribution in [1.82, 2.24) is 4.98 Å². The van der Waals surface area contributed by atoms with Crippen molar-refractivity contribution >= 4 is 23.1 Å². The van der Waals surface area contributed by atoms with Crippen LogP contribution in [-0.2, 0) is 11.2 Å². The van der Waals surface area contributed by atoms with Gasteiger partial charge in [-0.25, -0.2) is 9.37 Å². The highest BCUT2D eigenvalue weighted by Gasteiger charge is 2.30. The van der Waals surface area contributed by atoms with Gasteiger partial charge in [-0.1, -0.05) is 60.7 Å². The predicted octanol–water partition coefficient (Wildman–Crippen LogP) is 6.89. The number of benzene rings is 3. The molecular weight excluding hydrogens is 449 g/mol. The van der Waals surface area contributed by atoms with Crippen LogP contribution in [0.1, 0.15) is 41.2 Å². The first-order chi connectivity index (χ1) is 16.2. The van der Waals surface area contributed by atoms with Gasteiger partial charge in [0.15, 0.2) is 5.78 Å². The summed E-state index contributed by atoms with van der Waals surface area (Å²) in [5.41, 5.74) is 4.14. The first-order valence-corrected chi connectivity index (χ1v) is 11.8. The average molecular weight is 474 g/mol. The molecule has 0 atom stereocenters.